The Balaban J connectivity index is 1.97. The Labute approximate surface area is 143 Å². The fraction of sp³-hybridized carbons (Fsp3) is 0. The van der Waals surface area contributed by atoms with Crippen LogP contribution in [0.15, 0.2) is 83.7 Å². The number of hydrogen-bond acceptors (Lipinski definition) is 3. The van der Waals surface area contributed by atoms with Crippen molar-refractivity contribution >= 4 is 16.6 Å². The second kappa shape index (κ2) is 6.20. The summed E-state index contributed by atoms with van der Waals surface area (Å²) in [4.78, 5) is 17.6. The highest BCUT2D eigenvalue weighted by atomic mass is 19.1. The molecule has 5 heteroatoms. The van der Waals surface area contributed by atoms with E-state index in [0.29, 0.717) is 22.3 Å². The maximum absolute atomic E-state index is 13.3. The zero-order chi connectivity index (χ0) is 17.2. The topological polar surface area (TPSA) is 46.9 Å². The van der Waals surface area contributed by atoms with Crippen molar-refractivity contribution in [3.63, 3.8) is 0 Å². The van der Waals surface area contributed by atoms with Gasteiger partial charge in [-0.3, -0.25) is 10.2 Å². The number of fused-ring (bicyclic) bond motifs is 1. The van der Waals surface area contributed by atoms with Crippen molar-refractivity contribution in [1.82, 2.24) is 9.66 Å². The molecule has 0 aliphatic carbocycles. The quantitative estimate of drug-likeness (QED) is 0.615. The SMILES string of the molecule is O=c1c2ccccc2nc(-c2ccc(F)cc2)n1Nc1ccccc1. The predicted molar refractivity (Wildman–Crippen MR) is 96.9 cm³/mol. The second-order valence-corrected chi connectivity index (χ2v) is 5.58. The molecule has 25 heavy (non-hydrogen) atoms. The minimum atomic E-state index is -0.338. The molecule has 0 radical (unpaired) electrons. The molecule has 0 unspecified atom stereocenters. The summed E-state index contributed by atoms with van der Waals surface area (Å²) < 4.78 is 14.7. The fourth-order valence-corrected chi connectivity index (χ4v) is 2.67. The van der Waals surface area contributed by atoms with E-state index in [1.165, 1.54) is 16.8 Å². The van der Waals surface area contributed by atoms with E-state index < -0.39 is 0 Å². The first-order valence-electron chi connectivity index (χ1n) is 7.82. The van der Waals surface area contributed by atoms with Crippen molar-refractivity contribution in [2.45, 2.75) is 0 Å². The summed E-state index contributed by atoms with van der Waals surface area (Å²) in [5, 5.41) is 0.511. The van der Waals surface area contributed by atoms with Gasteiger partial charge in [-0.2, -0.15) is 0 Å². The number of anilines is 1. The highest BCUT2D eigenvalue weighted by Gasteiger charge is 2.13. The highest BCUT2D eigenvalue weighted by Crippen LogP contribution is 2.20. The molecule has 1 aromatic heterocycles. The van der Waals surface area contributed by atoms with Crippen LogP contribution in [-0.4, -0.2) is 9.66 Å². The molecule has 0 saturated heterocycles. The largest absolute Gasteiger partial charge is 0.290 e. The van der Waals surface area contributed by atoms with Crippen LogP contribution in [0.5, 0.6) is 0 Å². The lowest BCUT2D eigenvalue weighted by atomic mass is 10.2. The number of hydrogen-bond donors (Lipinski definition) is 1. The Bertz CT molecular complexity index is 1090. The average molecular weight is 331 g/mol. The molecule has 3 aromatic carbocycles. The third kappa shape index (κ3) is 2.87. The number of aromatic nitrogens is 2. The number of nitrogens with one attached hydrogen (secondary N) is 1. The van der Waals surface area contributed by atoms with Gasteiger partial charge in [-0.1, -0.05) is 30.3 Å². The van der Waals surface area contributed by atoms with E-state index in [9.17, 15) is 9.18 Å². The van der Waals surface area contributed by atoms with Gasteiger partial charge in [-0.15, -0.1) is 0 Å². The van der Waals surface area contributed by atoms with Gasteiger partial charge in [0.25, 0.3) is 5.56 Å². The standard InChI is InChI=1S/C20H14FN3O/c21-15-12-10-14(11-13-15)19-22-18-9-5-4-8-17(18)20(25)24(19)23-16-6-2-1-3-7-16/h1-13,23H. The van der Waals surface area contributed by atoms with E-state index in [1.807, 2.05) is 36.4 Å². The molecule has 0 aliphatic rings. The lowest BCUT2D eigenvalue weighted by Gasteiger charge is -2.15. The average Bonchev–Trinajstić information content (AvgIpc) is 2.65. The minimum Gasteiger partial charge on any atom is -0.290 e. The van der Waals surface area contributed by atoms with E-state index in [-0.39, 0.29) is 11.4 Å². The Morgan fingerprint density at radius 1 is 0.840 bits per heavy atom. The van der Waals surface area contributed by atoms with Crippen LogP contribution >= 0.6 is 0 Å². The van der Waals surface area contributed by atoms with Gasteiger partial charge in [0.15, 0.2) is 5.82 Å². The van der Waals surface area contributed by atoms with Crippen LogP contribution in [0.1, 0.15) is 0 Å². The summed E-state index contributed by atoms with van der Waals surface area (Å²) in [7, 11) is 0. The normalized spacial score (nSPS) is 10.8. The maximum atomic E-state index is 13.3. The highest BCUT2D eigenvalue weighted by molar-refractivity contribution is 5.80. The van der Waals surface area contributed by atoms with Crippen molar-refractivity contribution in [2.75, 3.05) is 5.43 Å². The second-order valence-electron chi connectivity index (χ2n) is 5.58. The first-order chi connectivity index (χ1) is 12.2. The van der Waals surface area contributed by atoms with E-state index in [0.717, 1.165) is 5.69 Å². The van der Waals surface area contributed by atoms with Crippen LogP contribution < -0.4 is 11.0 Å². The third-order valence-electron chi connectivity index (χ3n) is 3.89. The predicted octanol–water partition coefficient (Wildman–Crippen LogP) is 4.08. The van der Waals surface area contributed by atoms with Crippen molar-refractivity contribution in [1.29, 1.82) is 0 Å². The number of halogens is 1. The van der Waals surface area contributed by atoms with Gasteiger partial charge in [-0.25, -0.2) is 14.1 Å². The molecule has 4 rings (SSSR count). The van der Waals surface area contributed by atoms with Crippen LogP contribution in [0, 0.1) is 5.82 Å². The molecule has 0 saturated carbocycles. The van der Waals surface area contributed by atoms with Crippen LogP contribution in [0.2, 0.25) is 0 Å². The first kappa shape index (κ1) is 15.1. The molecule has 0 aliphatic heterocycles. The molecule has 0 spiro atoms. The van der Waals surface area contributed by atoms with E-state index >= 15 is 0 Å². The number of nitrogens with zero attached hydrogens (tertiary/aromatic N) is 2. The summed E-state index contributed by atoms with van der Waals surface area (Å²) in [6.45, 7) is 0. The van der Waals surface area contributed by atoms with Crippen molar-refractivity contribution in [3.8, 4) is 11.4 Å². The van der Waals surface area contributed by atoms with E-state index in [2.05, 4.69) is 10.4 Å². The summed E-state index contributed by atoms with van der Waals surface area (Å²) in [6, 6.07) is 22.4. The van der Waals surface area contributed by atoms with E-state index in [1.54, 1.807) is 30.3 Å². The molecular weight excluding hydrogens is 317 g/mol. The summed E-state index contributed by atoms with van der Waals surface area (Å²) in [6.07, 6.45) is 0. The minimum absolute atomic E-state index is 0.214. The smallest absolute Gasteiger partial charge is 0.280 e. The third-order valence-corrected chi connectivity index (χ3v) is 3.89. The summed E-state index contributed by atoms with van der Waals surface area (Å²) in [5.74, 6) is 0.0852. The zero-order valence-electron chi connectivity index (χ0n) is 13.2. The van der Waals surface area contributed by atoms with Crippen LogP contribution in [0.3, 0.4) is 0 Å². The molecule has 4 nitrogen and oxygen atoms in total. The Hall–Kier alpha value is -3.47. The molecule has 0 bridgehead atoms. The molecule has 4 aromatic rings. The lowest BCUT2D eigenvalue weighted by Crippen LogP contribution is -2.29. The molecule has 0 amide bonds. The molecule has 0 fully saturated rings. The van der Waals surface area contributed by atoms with Crippen LogP contribution in [-0.2, 0) is 0 Å². The van der Waals surface area contributed by atoms with Crippen molar-refractivity contribution < 1.29 is 4.39 Å². The Kier molecular flexibility index (Phi) is 3.74. The van der Waals surface area contributed by atoms with Crippen molar-refractivity contribution in [2.24, 2.45) is 0 Å². The monoisotopic (exact) mass is 331 g/mol. The van der Waals surface area contributed by atoms with Crippen LogP contribution in [0.25, 0.3) is 22.3 Å². The zero-order valence-corrected chi connectivity index (χ0v) is 13.2. The Morgan fingerprint density at radius 2 is 1.52 bits per heavy atom. The van der Waals surface area contributed by atoms with Crippen molar-refractivity contribution in [3.05, 3.63) is 95.0 Å². The van der Waals surface area contributed by atoms with Gasteiger partial charge in [-0.05, 0) is 48.5 Å². The molecule has 122 valence electrons. The summed E-state index contributed by atoms with van der Waals surface area (Å²) >= 11 is 0. The Morgan fingerprint density at radius 3 is 2.28 bits per heavy atom. The van der Waals surface area contributed by atoms with E-state index in [4.69, 9.17) is 0 Å². The van der Waals surface area contributed by atoms with Crippen LogP contribution in [0.4, 0.5) is 10.1 Å². The molecule has 0 atom stereocenters. The van der Waals surface area contributed by atoms with Gasteiger partial charge in [0, 0.05) is 5.56 Å². The van der Waals surface area contributed by atoms with Gasteiger partial charge < -0.3 is 0 Å². The lowest BCUT2D eigenvalue weighted by molar-refractivity contribution is 0.628. The molecule has 1 N–H and O–H groups in total. The van der Waals surface area contributed by atoms with Gasteiger partial charge in [0.05, 0.1) is 16.6 Å². The number of para-hydroxylation sites is 2. The van der Waals surface area contributed by atoms with Gasteiger partial charge in [0.2, 0.25) is 0 Å². The maximum Gasteiger partial charge on any atom is 0.280 e. The molecular formula is C20H14FN3O. The fourth-order valence-electron chi connectivity index (χ4n) is 2.67. The summed E-state index contributed by atoms with van der Waals surface area (Å²) in [5.41, 5.74) is 4.88. The van der Waals surface area contributed by atoms with Gasteiger partial charge in [0.1, 0.15) is 5.82 Å². The number of benzene rings is 3. The first-order valence-corrected chi connectivity index (χ1v) is 7.82. The van der Waals surface area contributed by atoms with Gasteiger partial charge >= 0.3 is 0 Å². The number of rotatable bonds is 3. The molecule has 1 heterocycles.